The Morgan fingerprint density at radius 1 is 0.938 bits per heavy atom. The normalized spacial score (nSPS) is 17.8. The van der Waals surface area contributed by atoms with Gasteiger partial charge in [-0.15, -0.1) is 0 Å². The smallest absolute Gasteiger partial charge is 0.312 e. The number of nitrogens with zero attached hydrogens (tertiary/aromatic N) is 3. The van der Waals surface area contributed by atoms with Gasteiger partial charge in [-0.05, 0) is 55.2 Å². The van der Waals surface area contributed by atoms with Crippen molar-refractivity contribution >= 4 is 17.7 Å². The van der Waals surface area contributed by atoms with E-state index in [-0.39, 0.29) is 24.3 Å². The molecule has 0 N–H and O–H groups in total. The third-order valence-electron chi connectivity index (χ3n) is 6.24. The van der Waals surface area contributed by atoms with Crippen LogP contribution in [0.5, 0.6) is 0 Å². The summed E-state index contributed by atoms with van der Waals surface area (Å²) in [6.45, 7) is 3.62. The van der Waals surface area contributed by atoms with Crippen molar-refractivity contribution in [2.24, 2.45) is 0 Å². The standard InChI is InChI=1S/C24H25F2N3O3/c1-16-2-5-18(14-21(16)26)22(30)27-10-8-20(9-11-27)29-13-12-28(23(31)24(29)32)15-17-3-6-19(25)7-4-17/h2-7,14,20H,8-13,15H2,1H3. The minimum Gasteiger partial charge on any atom is -0.338 e. The average molecular weight is 441 g/mol. The Labute approximate surface area is 185 Å². The molecule has 2 saturated heterocycles. The number of rotatable bonds is 4. The molecule has 2 aliphatic heterocycles. The lowest BCUT2D eigenvalue weighted by Gasteiger charge is -2.42. The number of piperazine rings is 1. The summed E-state index contributed by atoms with van der Waals surface area (Å²) < 4.78 is 26.9. The monoisotopic (exact) mass is 441 g/mol. The Bertz CT molecular complexity index is 1030. The number of halogens is 2. The van der Waals surface area contributed by atoms with Crippen LogP contribution in [-0.2, 0) is 16.1 Å². The highest BCUT2D eigenvalue weighted by molar-refractivity contribution is 6.35. The molecule has 0 unspecified atom stereocenters. The van der Waals surface area contributed by atoms with Gasteiger partial charge >= 0.3 is 11.8 Å². The van der Waals surface area contributed by atoms with Crippen LogP contribution in [0, 0.1) is 18.6 Å². The van der Waals surface area contributed by atoms with Gasteiger partial charge < -0.3 is 14.7 Å². The van der Waals surface area contributed by atoms with E-state index in [1.807, 2.05) is 0 Å². The van der Waals surface area contributed by atoms with Crippen molar-refractivity contribution in [2.45, 2.75) is 32.4 Å². The van der Waals surface area contributed by atoms with Gasteiger partial charge in [-0.3, -0.25) is 14.4 Å². The summed E-state index contributed by atoms with van der Waals surface area (Å²) in [6, 6.07) is 10.2. The Morgan fingerprint density at radius 3 is 2.28 bits per heavy atom. The molecule has 2 fully saturated rings. The van der Waals surface area contributed by atoms with E-state index in [2.05, 4.69) is 0 Å². The molecule has 3 amide bonds. The van der Waals surface area contributed by atoms with E-state index in [4.69, 9.17) is 0 Å². The van der Waals surface area contributed by atoms with Crippen molar-refractivity contribution in [3.05, 3.63) is 70.8 Å². The van der Waals surface area contributed by atoms with Crippen LogP contribution in [0.3, 0.4) is 0 Å². The van der Waals surface area contributed by atoms with Crippen LogP contribution in [0.2, 0.25) is 0 Å². The molecule has 0 atom stereocenters. The van der Waals surface area contributed by atoms with Gasteiger partial charge in [0.25, 0.3) is 5.91 Å². The Kier molecular flexibility index (Phi) is 6.21. The second-order valence-electron chi connectivity index (χ2n) is 8.34. The maximum Gasteiger partial charge on any atom is 0.312 e. The van der Waals surface area contributed by atoms with Crippen molar-refractivity contribution in [3.8, 4) is 0 Å². The van der Waals surface area contributed by atoms with Crippen LogP contribution >= 0.6 is 0 Å². The molecule has 2 aromatic carbocycles. The zero-order chi connectivity index (χ0) is 22.8. The molecule has 168 valence electrons. The van der Waals surface area contributed by atoms with E-state index in [0.717, 1.165) is 5.56 Å². The predicted octanol–water partition coefficient (Wildman–Crippen LogP) is 2.75. The van der Waals surface area contributed by atoms with Crippen molar-refractivity contribution in [1.82, 2.24) is 14.7 Å². The van der Waals surface area contributed by atoms with Crippen molar-refractivity contribution in [3.63, 3.8) is 0 Å². The number of aryl methyl sites for hydroxylation is 1. The summed E-state index contributed by atoms with van der Waals surface area (Å²) in [5.74, 6) is -2.08. The fraction of sp³-hybridized carbons (Fsp3) is 0.375. The third-order valence-corrected chi connectivity index (χ3v) is 6.24. The first-order valence-corrected chi connectivity index (χ1v) is 10.7. The van der Waals surface area contributed by atoms with Gasteiger partial charge in [-0.25, -0.2) is 8.78 Å². The van der Waals surface area contributed by atoms with E-state index in [0.29, 0.717) is 50.1 Å². The highest BCUT2D eigenvalue weighted by Gasteiger charge is 2.38. The molecule has 0 aromatic heterocycles. The van der Waals surface area contributed by atoms with Gasteiger partial charge in [0.15, 0.2) is 0 Å². The van der Waals surface area contributed by atoms with Crippen LogP contribution < -0.4 is 0 Å². The van der Waals surface area contributed by atoms with Gasteiger partial charge in [0.05, 0.1) is 0 Å². The maximum absolute atomic E-state index is 13.8. The predicted molar refractivity (Wildman–Crippen MR) is 114 cm³/mol. The number of likely N-dealkylation sites (tertiary alicyclic amines) is 1. The molecular weight excluding hydrogens is 416 g/mol. The van der Waals surface area contributed by atoms with Crippen LogP contribution in [0.25, 0.3) is 0 Å². The van der Waals surface area contributed by atoms with Gasteiger partial charge in [0, 0.05) is 44.3 Å². The van der Waals surface area contributed by atoms with Gasteiger partial charge in [-0.2, -0.15) is 0 Å². The van der Waals surface area contributed by atoms with Crippen molar-refractivity contribution in [1.29, 1.82) is 0 Å². The Hall–Kier alpha value is -3.29. The van der Waals surface area contributed by atoms with Gasteiger partial charge in [0.1, 0.15) is 11.6 Å². The second-order valence-corrected chi connectivity index (χ2v) is 8.34. The van der Waals surface area contributed by atoms with E-state index in [1.54, 1.807) is 41.0 Å². The van der Waals surface area contributed by atoms with Crippen LogP contribution in [0.1, 0.15) is 34.3 Å². The molecule has 32 heavy (non-hydrogen) atoms. The minimum atomic E-state index is -0.561. The number of carbonyl (C=O) groups is 3. The highest BCUT2D eigenvalue weighted by Crippen LogP contribution is 2.22. The number of amides is 3. The lowest BCUT2D eigenvalue weighted by molar-refractivity contribution is -0.158. The zero-order valence-electron chi connectivity index (χ0n) is 17.9. The number of hydrogen-bond donors (Lipinski definition) is 0. The quantitative estimate of drug-likeness (QED) is 0.686. The van der Waals surface area contributed by atoms with Crippen molar-refractivity contribution in [2.75, 3.05) is 26.2 Å². The lowest BCUT2D eigenvalue weighted by atomic mass is 10.0. The first-order valence-electron chi connectivity index (χ1n) is 10.7. The fourth-order valence-electron chi connectivity index (χ4n) is 4.29. The van der Waals surface area contributed by atoms with E-state index < -0.39 is 17.6 Å². The first kappa shape index (κ1) is 21.9. The first-order chi connectivity index (χ1) is 15.3. The number of piperidine rings is 1. The Morgan fingerprint density at radius 2 is 1.62 bits per heavy atom. The maximum atomic E-state index is 13.8. The Balaban J connectivity index is 1.33. The molecule has 0 aliphatic carbocycles. The molecular formula is C24H25F2N3O3. The molecule has 0 radical (unpaired) electrons. The number of benzene rings is 2. The lowest BCUT2D eigenvalue weighted by Crippen LogP contribution is -2.59. The molecule has 0 saturated carbocycles. The summed E-state index contributed by atoms with van der Waals surface area (Å²) >= 11 is 0. The summed E-state index contributed by atoms with van der Waals surface area (Å²) in [5.41, 5.74) is 1.56. The molecule has 6 nitrogen and oxygen atoms in total. The summed E-state index contributed by atoms with van der Waals surface area (Å²) in [4.78, 5) is 42.8. The molecule has 8 heteroatoms. The molecule has 0 bridgehead atoms. The summed E-state index contributed by atoms with van der Waals surface area (Å²) in [5, 5.41) is 0. The zero-order valence-corrected chi connectivity index (χ0v) is 17.9. The van der Waals surface area contributed by atoms with Gasteiger partial charge in [0.2, 0.25) is 0 Å². The molecule has 2 heterocycles. The van der Waals surface area contributed by atoms with Crippen molar-refractivity contribution < 1.29 is 23.2 Å². The SMILES string of the molecule is Cc1ccc(C(=O)N2CCC(N3CCN(Cc4ccc(F)cc4)C(=O)C3=O)CC2)cc1F. The molecule has 0 spiro atoms. The molecule has 2 aromatic rings. The topological polar surface area (TPSA) is 60.9 Å². The third kappa shape index (κ3) is 4.49. The molecule has 2 aliphatic rings. The molecule has 4 rings (SSSR count). The van der Waals surface area contributed by atoms with E-state index >= 15 is 0 Å². The summed E-state index contributed by atoms with van der Waals surface area (Å²) in [7, 11) is 0. The fourth-order valence-corrected chi connectivity index (χ4v) is 4.29. The highest BCUT2D eigenvalue weighted by atomic mass is 19.1. The van der Waals surface area contributed by atoms with Gasteiger partial charge in [-0.1, -0.05) is 18.2 Å². The van der Waals surface area contributed by atoms with E-state index in [9.17, 15) is 23.2 Å². The minimum absolute atomic E-state index is 0.113. The second kappa shape index (κ2) is 9.06. The average Bonchev–Trinajstić information content (AvgIpc) is 2.80. The number of carbonyl (C=O) groups excluding carboxylic acids is 3. The van der Waals surface area contributed by atoms with Crippen LogP contribution in [-0.4, -0.2) is 64.6 Å². The summed E-state index contributed by atoms with van der Waals surface area (Å²) in [6.07, 6.45) is 1.13. The largest absolute Gasteiger partial charge is 0.338 e. The van der Waals surface area contributed by atoms with E-state index in [1.165, 1.54) is 23.1 Å². The number of hydrogen-bond acceptors (Lipinski definition) is 3. The van der Waals surface area contributed by atoms with Crippen LogP contribution in [0.4, 0.5) is 8.78 Å². The van der Waals surface area contributed by atoms with Crippen LogP contribution in [0.15, 0.2) is 42.5 Å².